The first-order valence-electron chi connectivity index (χ1n) is 9.16. The van der Waals surface area contributed by atoms with Crippen LogP contribution in [-0.2, 0) is 13.0 Å². The molecular weight excluding hydrogens is 342 g/mol. The second-order valence-corrected chi connectivity index (χ2v) is 7.34. The first kappa shape index (κ1) is 18.5. The average Bonchev–Trinajstić information content (AvgIpc) is 3.32. The first-order valence-corrected chi connectivity index (χ1v) is 10.0. The molecule has 0 fully saturated rings. The van der Waals surface area contributed by atoms with E-state index in [-0.39, 0.29) is 0 Å². The Hall–Kier alpha value is -2.34. The summed E-state index contributed by atoms with van der Waals surface area (Å²) in [6, 6.07) is 8.65. The fraction of sp³-hybridized carbons (Fsp3) is 0.400. The molecule has 1 aliphatic heterocycles. The van der Waals surface area contributed by atoms with Crippen LogP contribution in [0.15, 0.2) is 46.8 Å². The second kappa shape index (κ2) is 9.38. The van der Waals surface area contributed by atoms with Crippen LogP contribution in [0.2, 0.25) is 0 Å². The van der Waals surface area contributed by atoms with E-state index < -0.39 is 0 Å². The molecule has 0 atom stereocenters. The number of benzene rings is 1. The largest absolute Gasteiger partial charge is 0.364 e. The summed E-state index contributed by atoms with van der Waals surface area (Å²) in [6.07, 6.45) is 5.33. The van der Waals surface area contributed by atoms with Crippen LogP contribution < -0.4 is 15.5 Å². The number of nitrogens with zero attached hydrogens (tertiary/aromatic N) is 3. The summed E-state index contributed by atoms with van der Waals surface area (Å²) in [6.45, 7) is 8.46. The zero-order chi connectivity index (χ0) is 18.2. The van der Waals surface area contributed by atoms with E-state index in [0.29, 0.717) is 6.54 Å². The normalized spacial score (nSPS) is 14.1. The maximum absolute atomic E-state index is 4.73. The zero-order valence-electron chi connectivity index (χ0n) is 15.5. The highest BCUT2D eigenvalue weighted by atomic mass is 32.1. The maximum atomic E-state index is 4.73. The number of nitrogens with one attached hydrogen (secondary N) is 2. The number of thiazole rings is 1. The van der Waals surface area contributed by atoms with E-state index in [1.165, 1.54) is 11.3 Å². The van der Waals surface area contributed by atoms with Gasteiger partial charge >= 0.3 is 0 Å². The Morgan fingerprint density at radius 2 is 2.12 bits per heavy atom. The van der Waals surface area contributed by atoms with Crippen LogP contribution in [0.5, 0.6) is 0 Å². The van der Waals surface area contributed by atoms with Crippen molar-refractivity contribution in [2.24, 2.45) is 4.99 Å². The summed E-state index contributed by atoms with van der Waals surface area (Å²) in [5, 5.41) is 9.96. The molecule has 0 aliphatic carbocycles. The number of hydrogen-bond donors (Lipinski definition) is 2. The molecule has 1 aromatic carbocycles. The van der Waals surface area contributed by atoms with Gasteiger partial charge in [0.2, 0.25) is 0 Å². The van der Waals surface area contributed by atoms with Gasteiger partial charge in [0.15, 0.2) is 5.96 Å². The third kappa shape index (κ3) is 5.33. The molecular formula is C20H27N5S. The third-order valence-electron chi connectivity index (χ3n) is 4.20. The van der Waals surface area contributed by atoms with Gasteiger partial charge in [0.1, 0.15) is 0 Å². The van der Waals surface area contributed by atoms with Gasteiger partial charge in [0.05, 0.1) is 17.2 Å². The molecule has 2 aromatic rings. The highest BCUT2D eigenvalue weighted by molar-refractivity contribution is 7.09. The number of aryl methyl sites for hydroxylation is 1. The maximum Gasteiger partial charge on any atom is 0.191 e. The van der Waals surface area contributed by atoms with Crippen molar-refractivity contribution >= 4 is 23.0 Å². The summed E-state index contributed by atoms with van der Waals surface area (Å²) in [7, 11) is 0. The molecule has 3 rings (SSSR count). The summed E-state index contributed by atoms with van der Waals surface area (Å²) in [4.78, 5) is 11.6. The molecule has 0 saturated heterocycles. The predicted molar refractivity (Wildman–Crippen MR) is 111 cm³/mol. The van der Waals surface area contributed by atoms with Gasteiger partial charge in [-0.15, -0.1) is 11.3 Å². The van der Waals surface area contributed by atoms with E-state index >= 15 is 0 Å². The molecule has 138 valence electrons. The number of guanidine groups is 1. The minimum absolute atomic E-state index is 0.667. The molecule has 26 heavy (non-hydrogen) atoms. The minimum atomic E-state index is 0.667. The first-order chi connectivity index (χ1) is 12.7. The molecule has 1 aliphatic rings. The van der Waals surface area contributed by atoms with E-state index in [0.717, 1.165) is 49.3 Å². The zero-order valence-corrected chi connectivity index (χ0v) is 16.4. The Bertz CT molecular complexity index is 757. The summed E-state index contributed by atoms with van der Waals surface area (Å²) in [5.41, 5.74) is 3.63. The van der Waals surface area contributed by atoms with Crippen LogP contribution >= 0.6 is 11.3 Å². The number of aliphatic imine (C=N–C) groups is 1. The Labute approximate surface area is 159 Å². The lowest BCUT2D eigenvalue weighted by molar-refractivity contribution is 0.790. The monoisotopic (exact) mass is 369 g/mol. The Morgan fingerprint density at radius 1 is 1.27 bits per heavy atom. The van der Waals surface area contributed by atoms with Gasteiger partial charge in [0, 0.05) is 43.7 Å². The van der Waals surface area contributed by atoms with E-state index in [1.807, 2.05) is 6.92 Å². The van der Waals surface area contributed by atoms with Crippen LogP contribution in [0.4, 0.5) is 5.69 Å². The van der Waals surface area contributed by atoms with Crippen molar-refractivity contribution in [3.63, 3.8) is 0 Å². The second-order valence-electron chi connectivity index (χ2n) is 6.28. The van der Waals surface area contributed by atoms with Crippen molar-refractivity contribution in [1.82, 2.24) is 15.6 Å². The minimum Gasteiger partial charge on any atom is -0.364 e. The molecule has 2 N–H and O–H groups in total. The SMILES string of the molecule is CCNC(=NCc1cccc(N2CC=CC2)c1)NCCc1csc(C)n1. The van der Waals surface area contributed by atoms with Gasteiger partial charge in [0.25, 0.3) is 0 Å². The molecule has 0 bridgehead atoms. The van der Waals surface area contributed by atoms with Gasteiger partial charge in [-0.25, -0.2) is 9.98 Å². The molecule has 5 nitrogen and oxygen atoms in total. The van der Waals surface area contributed by atoms with E-state index in [1.54, 1.807) is 11.3 Å². The lowest BCUT2D eigenvalue weighted by atomic mass is 10.2. The fourth-order valence-electron chi connectivity index (χ4n) is 2.88. The van der Waals surface area contributed by atoms with Crippen LogP contribution in [0.1, 0.15) is 23.2 Å². The van der Waals surface area contributed by atoms with Crippen LogP contribution in [0.3, 0.4) is 0 Å². The topological polar surface area (TPSA) is 52.6 Å². The van der Waals surface area contributed by atoms with Crippen molar-refractivity contribution in [3.8, 4) is 0 Å². The predicted octanol–water partition coefficient (Wildman–Crippen LogP) is 3.13. The van der Waals surface area contributed by atoms with Crippen LogP contribution in [0, 0.1) is 6.92 Å². The summed E-state index contributed by atoms with van der Waals surface area (Å²) in [5.74, 6) is 0.854. The molecule has 0 spiro atoms. The third-order valence-corrected chi connectivity index (χ3v) is 5.02. The quantitative estimate of drug-likeness (QED) is 0.447. The van der Waals surface area contributed by atoms with Gasteiger partial charge < -0.3 is 15.5 Å². The van der Waals surface area contributed by atoms with Crippen molar-refractivity contribution in [2.45, 2.75) is 26.8 Å². The van der Waals surface area contributed by atoms with Gasteiger partial charge in [-0.05, 0) is 31.5 Å². The van der Waals surface area contributed by atoms with Crippen molar-refractivity contribution in [2.75, 3.05) is 31.1 Å². The Morgan fingerprint density at radius 3 is 2.85 bits per heavy atom. The summed E-state index contributed by atoms with van der Waals surface area (Å²) < 4.78 is 0. The number of anilines is 1. The molecule has 0 radical (unpaired) electrons. The van der Waals surface area contributed by atoms with Gasteiger partial charge in [-0.1, -0.05) is 24.3 Å². The highest BCUT2D eigenvalue weighted by Gasteiger charge is 2.08. The van der Waals surface area contributed by atoms with Crippen molar-refractivity contribution in [1.29, 1.82) is 0 Å². The number of rotatable bonds is 7. The highest BCUT2D eigenvalue weighted by Crippen LogP contribution is 2.18. The van der Waals surface area contributed by atoms with Crippen LogP contribution in [-0.4, -0.2) is 37.1 Å². The van der Waals surface area contributed by atoms with Gasteiger partial charge in [-0.2, -0.15) is 0 Å². The summed E-state index contributed by atoms with van der Waals surface area (Å²) >= 11 is 1.70. The molecule has 2 heterocycles. The lowest BCUT2D eigenvalue weighted by Crippen LogP contribution is -2.38. The molecule has 6 heteroatoms. The van der Waals surface area contributed by atoms with Gasteiger partial charge in [-0.3, -0.25) is 0 Å². The molecule has 0 unspecified atom stereocenters. The van der Waals surface area contributed by atoms with E-state index in [4.69, 9.17) is 4.99 Å². The Kier molecular flexibility index (Phi) is 6.66. The lowest BCUT2D eigenvalue weighted by Gasteiger charge is -2.18. The van der Waals surface area contributed by atoms with Crippen molar-refractivity contribution < 1.29 is 0 Å². The van der Waals surface area contributed by atoms with Crippen LogP contribution in [0.25, 0.3) is 0 Å². The number of aromatic nitrogens is 1. The fourth-order valence-corrected chi connectivity index (χ4v) is 3.53. The number of hydrogen-bond acceptors (Lipinski definition) is 4. The van der Waals surface area contributed by atoms with E-state index in [2.05, 4.69) is 69.2 Å². The molecule has 0 amide bonds. The smallest absolute Gasteiger partial charge is 0.191 e. The molecule has 1 aromatic heterocycles. The standard InChI is InChI=1S/C20H27N5S/c1-3-21-20(22-10-9-18-15-26-16(2)24-18)23-14-17-7-6-8-19(13-17)25-11-4-5-12-25/h4-8,13,15H,3,9-12,14H2,1-2H3,(H2,21,22,23). The average molecular weight is 370 g/mol. The van der Waals surface area contributed by atoms with Crippen molar-refractivity contribution in [3.05, 3.63) is 58.1 Å². The Balaban J connectivity index is 1.55. The van der Waals surface area contributed by atoms with E-state index in [9.17, 15) is 0 Å². The molecule has 0 saturated carbocycles.